The second-order valence-corrected chi connectivity index (χ2v) is 12.7. The molecule has 32 heavy (non-hydrogen) atoms. The van der Waals surface area contributed by atoms with E-state index in [4.69, 9.17) is 9.47 Å². The zero-order valence-corrected chi connectivity index (χ0v) is 22.1. The highest BCUT2D eigenvalue weighted by molar-refractivity contribution is 14.1. The molecule has 0 spiro atoms. The molecule has 0 aliphatic heterocycles. The zero-order chi connectivity index (χ0) is 24.7. The molecule has 11 nitrogen and oxygen atoms in total. The third kappa shape index (κ3) is 10.1. The molecule has 1 heterocycles. The van der Waals surface area contributed by atoms with E-state index in [0.29, 0.717) is 18.4 Å². The van der Waals surface area contributed by atoms with Crippen LogP contribution < -0.4 is 4.74 Å². The second-order valence-electron chi connectivity index (χ2n) is 7.55. The van der Waals surface area contributed by atoms with Crippen molar-refractivity contribution in [3.05, 3.63) is 34.1 Å². The Morgan fingerprint density at radius 2 is 1.72 bits per heavy atom. The number of aromatic nitrogens is 1. The summed E-state index contributed by atoms with van der Waals surface area (Å²) in [6, 6.07) is 3.47. The second kappa shape index (κ2) is 11.3. The fraction of sp³-hybridized carbons (Fsp3) is 0.500. The van der Waals surface area contributed by atoms with E-state index in [1.165, 1.54) is 11.0 Å². The Hall–Kier alpha value is -1.94. The molecule has 14 heteroatoms. The van der Waals surface area contributed by atoms with Gasteiger partial charge in [0, 0.05) is 28.5 Å². The molecule has 0 bridgehead atoms. The summed E-state index contributed by atoms with van der Waals surface area (Å²) in [5.41, 5.74) is -0.781. The third-order valence-corrected chi connectivity index (χ3v) is 7.16. The minimum atomic E-state index is -4.35. The van der Waals surface area contributed by atoms with Crippen molar-refractivity contribution in [2.24, 2.45) is 0 Å². The van der Waals surface area contributed by atoms with Gasteiger partial charge in [0.05, 0.1) is 19.1 Å². The lowest BCUT2D eigenvalue weighted by molar-refractivity contribution is -0.118. The lowest BCUT2D eigenvalue weighted by Crippen LogP contribution is -2.40. The lowest BCUT2D eigenvalue weighted by Gasteiger charge is -2.26. The summed E-state index contributed by atoms with van der Waals surface area (Å²) < 4.78 is 58.2. The molecule has 0 fully saturated rings. The smallest absolute Gasteiger partial charge is 0.410 e. The van der Waals surface area contributed by atoms with Crippen LogP contribution >= 0.6 is 22.6 Å². The summed E-state index contributed by atoms with van der Waals surface area (Å²) in [7, 11) is -8.70. The number of amides is 2. The van der Waals surface area contributed by atoms with Crippen molar-refractivity contribution < 1.29 is 35.9 Å². The molecule has 0 N–H and O–H groups in total. The molecule has 0 radical (unpaired) electrons. The highest BCUT2D eigenvalue weighted by atomic mass is 127. The van der Waals surface area contributed by atoms with Crippen LogP contribution in [-0.2, 0) is 29.6 Å². The first-order valence-electron chi connectivity index (χ1n) is 9.14. The molecule has 1 rings (SSSR count). The van der Waals surface area contributed by atoms with Crippen LogP contribution in [0.5, 0.6) is 5.88 Å². The third-order valence-electron chi connectivity index (χ3n) is 3.33. The molecule has 0 saturated heterocycles. The van der Waals surface area contributed by atoms with Gasteiger partial charge in [-0.25, -0.2) is 26.6 Å². The quantitative estimate of drug-likeness (QED) is 0.304. The highest BCUT2D eigenvalue weighted by Gasteiger charge is 2.31. The number of nitrogens with zero attached hydrogens (tertiary/aromatic N) is 3. The van der Waals surface area contributed by atoms with E-state index in [1.54, 1.807) is 39.1 Å². The van der Waals surface area contributed by atoms with Crippen molar-refractivity contribution in [1.82, 2.24) is 13.6 Å². The van der Waals surface area contributed by atoms with Crippen molar-refractivity contribution in [1.29, 1.82) is 0 Å². The number of ether oxygens (including phenoxy) is 2. The standard InChI is InChI=1S/C18H26IN3O8S2/c1-18(2,3)30-17(24)21(11-12-29-15-9-8-14(19)13-20-15)10-6-7-16(23)22(31(4,25)26)32(5,27)28/h6-9,13H,10-12H2,1-5H3/b7-6+. The fourth-order valence-electron chi connectivity index (χ4n) is 2.21. The van der Waals surface area contributed by atoms with Gasteiger partial charge in [-0.1, -0.05) is 6.08 Å². The van der Waals surface area contributed by atoms with Crippen molar-refractivity contribution in [3.63, 3.8) is 0 Å². The minimum Gasteiger partial charge on any atom is -0.476 e. The summed E-state index contributed by atoms with van der Waals surface area (Å²) in [5, 5.41) is 0. The van der Waals surface area contributed by atoms with E-state index in [9.17, 15) is 26.4 Å². The first kappa shape index (κ1) is 28.1. The van der Waals surface area contributed by atoms with E-state index < -0.39 is 37.6 Å². The zero-order valence-electron chi connectivity index (χ0n) is 18.3. The van der Waals surface area contributed by atoms with Gasteiger partial charge in [0.15, 0.2) is 0 Å². The number of carbonyl (C=O) groups excluding carboxylic acids is 2. The highest BCUT2D eigenvalue weighted by Crippen LogP contribution is 2.12. The summed E-state index contributed by atoms with van der Waals surface area (Å²) in [6.07, 6.45) is 4.05. The molecule has 0 atom stereocenters. The summed E-state index contributed by atoms with van der Waals surface area (Å²) in [4.78, 5) is 29.9. The Labute approximate surface area is 202 Å². The van der Waals surface area contributed by atoms with Crippen LogP contribution in [0, 0.1) is 3.57 Å². The molecular weight excluding hydrogens is 577 g/mol. The lowest BCUT2D eigenvalue weighted by atomic mass is 10.2. The van der Waals surface area contributed by atoms with Gasteiger partial charge in [-0.15, -0.1) is 3.71 Å². The average molecular weight is 603 g/mol. The number of hydrogen-bond donors (Lipinski definition) is 0. The normalized spacial score (nSPS) is 12.4. The predicted octanol–water partition coefficient (Wildman–Crippen LogP) is 1.61. The number of rotatable bonds is 9. The molecule has 0 saturated carbocycles. The monoisotopic (exact) mass is 603 g/mol. The molecule has 0 aliphatic carbocycles. The molecule has 180 valence electrons. The van der Waals surface area contributed by atoms with Gasteiger partial charge < -0.3 is 14.4 Å². The van der Waals surface area contributed by atoms with Gasteiger partial charge in [0.1, 0.15) is 12.2 Å². The molecule has 0 aliphatic rings. The molecule has 0 unspecified atom stereocenters. The van der Waals surface area contributed by atoms with Crippen LogP contribution in [0.1, 0.15) is 20.8 Å². The topological polar surface area (TPSA) is 140 Å². The van der Waals surface area contributed by atoms with Crippen LogP contribution in [0.2, 0.25) is 0 Å². The number of halogens is 1. The predicted molar refractivity (Wildman–Crippen MR) is 126 cm³/mol. The van der Waals surface area contributed by atoms with Gasteiger partial charge in [-0.3, -0.25) is 4.79 Å². The summed E-state index contributed by atoms with van der Waals surface area (Å²) >= 11 is 2.10. The van der Waals surface area contributed by atoms with E-state index >= 15 is 0 Å². The number of carbonyl (C=O) groups is 2. The van der Waals surface area contributed by atoms with Gasteiger partial charge in [-0.05, 0) is 49.4 Å². The number of pyridine rings is 1. The maximum atomic E-state index is 12.5. The SMILES string of the molecule is CC(C)(C)OC(=O)N(C/C=C/C(=O)N(S(C)(=O)=O)S(C)(=O)=O)CCOc1ccc(I)cn1. The van der Waals surface area contributed by atoms with Crippen molar-refractivity contribution >= 4 is 54.6 Å². The molecule has 1 aromatic heterocycles. The van der Waals surface area contributed by atoms with Gasteiger partial charge in [0.2, 0.25) is 25.9 Å². The fourth-order valence-corrected chi connectivity index (χ4v) is 5.27. The van der Waals surface area contributed by atoms with Crippen LogP contribution in [-0.4, -0.2) is 80.2 Å². The maximum Gasteiger partial charge on any atom is 0.410 e. The minimum absolute atomic E-state index is 0.0585. The molecule has 2 amide bonds. The Morgan fingerprint density at radius 1 is 1.12 bits per heavy atom. The Bertz CT molecular complexity index is 1020. The van der Waals surface area contributed by atoms with Crippen LogP contribution in [0.3, 0.4) is 0 Å². The number of hydrogen-bond acceptors (Lipinski definition) is 9. The van der Waals surface area contributed by atoms with E-state index in [0.717, 1.165) is 9.65 Å². The average Bonchev–Trinajstić information content (AvgIpc) is 2.58. The summed E-state index contributed by atoms with van der Waals surface area (Å²) in [6.45, 7) is 5.02. The van der Waals surface area contributed by atoms with Crippen LogP contribution in [0.25, 0.3) is 0 Å². The molecular formula is C18H26IN3O8S2. The van der Waals surface area contributed by atoms with Gasteiger partial charge in [-0.2, -0.15) is 0 Å². The van der Waals surface area contributed by atoms with Gasteiger partial charge >= 0.3 is 6.09 Å². The Kier molecular flexibility index (Phi) is 9.89. The van der Waals surface area contributed by atoms with Crippen molar-refractivity contribution in [2.45, 2.75) is 26.4 Å². The Morgan fingerprint density at radius 3 is 2.19 bits per heavy atom. The van der Waals surface area contributed by atoms with Crippen molar-refractivity contribution in [3.8, 4) is 5.88 Å². The molecule has 0 aromatic carbocycles. The first-order chi connectivity index (χ1) is 14.5. The molecule has 1 aromatic rings. The number of sulfonamides is 2. The largest absolute Gasteiger partial charge is 0.476 e. The van der Waals surface area contributed by atoms with Crippen LogP contribution in [0.15, 0.2) is 30.5 Å². The maximum absolute atomic E-state index is 12.5. The Balaban J connectivity index is 2.91. The summed E-state index contributed by atoms with van der Waals surface area (Å²) in [5.74, 6) is -0.921. The van der Waals surface area contributed by atoms with E-state index in [-0.39, 0.29) is 23.4 Å². The first-order valence-corrected chi connectivity index (χ1v) is 13.9. The van der Waals surface area contributed by atoms with E-state index in [1.807, 2.05) is 0 Å². The van der Waals surface area contributed by atoms with Crippen molar-refractivity contribution in [2.75, 3.05) is 32.2 Å². The van der Waals surface area contributed by atoms with Gasteiger partial charge in [0.25, 0.3) is 5.91 Å². The van der Waals surface area contributed by atoms with Crippen LogP contribution in [0.4, 0.5) is 4.79 Å². The van der Waals surface area contributed by atoms with E-state index in [2.05, 4.69) is 27.6 Å².